The van der Waals surface area contributed by atoms with Crippen LogP contribution in [0.15, 0.2) is 114 Å². The number of Topliss-reactive ketones (excluding diaryl/α,β-unsaturated/α-hetero) is 2. The first kappa shape index (κ1) is 31.6. The van der Waals surface area contributed by atoms with E-state index in [9.17, 15) is 19.2 Å². The molecule has 0 radical (unpaired) electrons. The Morgan fingerprint density at radius 3 is 1.95 bits per heavy atom. The van der Waals surface area contributed by atoms with Gasteiger partial charge >= 0.3 is 11.9 Å². The van der Waals surface area contributed by atoms with Crippen LogP contribution in [0.2, 0.25) is 0 Å². The van der Waals surface area contributed by atoms with Gasteiger partial charge in [0.1, 0.15) is 11.1 Å². The van der Waals surface area contributed by atoms with Gasteiger partial charge in [-0.3, -0.25) is 9.59 Å². The molecule has 0 aliphatic heterocycles. The molecule has 0 bridgehead atoms. The molecule has 4 aromatic carbocycles. The summed E-state index contributed by atoms with van der Waals surface area (Å²) < 4.78 is 10.1. The zero-order chi connectivity index (χ0) is 31.6. The highest BCUT2D eigenvalue weighted by molar-refractivity contribution is 6.35. The summed E-state index contributed by atoms with van der Waals surface area (Å²) in [5, 5.41) is 0. The van der Waals surface area contributed by atoms with Crippen LogP contribution in [0.5, 0.6) is 0 Å². The number of esters is 2. The maximum Gasteiger partial charge on any atom is 0.342 e. The van der Waals surface area contributed by atoms with Crippen LogP contribution < -0.4 is 0 Å². The van der Waals surface area contributed by atoms with E-state index in [0.717, 1.165) is 27.8 Å². The van der Waals surface area contributed by atoms with E-state index in [1.807, 2.05) is 98.8 Å². The molecular formula is C38H34O6. The Morgan fingerprint density at radius 1 is 0.682 bits per heavy atom. The summed E-state index contributed by atoms with van der Waals surface area (Å²) in [4.78, 5) is 49.8. The van der Waals surface area contributed by atoms with Crippen molar-refractivity contribution in [3.8, 4) is 0 Å². The molecule has 44 heavy (non-hydrogen) atoms. The third-order valence-corrected chi connectivity index (χ3v) is 6.84. The fourth-order valence-corrected chi connectivity index (χ4v) is 4.83. The number of ether oxygens (including phenoxy) is 2. The number of aryl methyl sites for hydroxylation is 2. The highest BCUT2D eigenvalue weighted by atomic mass is 16.5. The predicted octanol–water partition coefficient (Wildman–Crippen LogP) is 7.38. The average molecular weight is 587 g/mol. The van der Waals surface area contributed by atoms with Gasteiger partial charge in [0.25, 0.3) is 0 Å². The maximum atomic E-state index is 12.7. The van der Waals surface area contributed by atoms with Crippen LogP contribution in [0, 0.1) is 13.8 Å². The molecule has 0 spiro atoms. The van der Waals surface area contributed by atoms with Crippen molar-refractivity contribution >= 4 is 35.2 Å². The molecule has 0 saturated heterocycles. The van der Waals surface area contributed by atoms with E-state index < -0.39 is 11.9 Å². The van der Waals surface area contributed by atoms with Crippen molar-refractivity contribution in [2.45, 2.75) is 27.7 Å². The van der Waals surface area contributed by atoms with Gasteiger partial charge in [-0.15, -0.1) is 0 Å². The van der Waals surface area contributed by atoms with Crippen molar-refractivity contribution in [3.63, 3.8) is 0 Å². The molecule has 0 fully saturated rings. The number of fused-ring (bicyclic) bond motifs is 1. The van der Waals surface area contributed by atoms with Crippen LogP contribution in [0.1, 0.15) is 62.4 Å². The predicted molar refractivity (Wildman–Crippen MR) is 171 cm³/mol. The van der Waals surface area contributed by atoms with Crippen molar-refractivity contribution in [1.82, 2.24) is 0 Å². The quantitative estimate of drug-likeness (QED) is 0.0704. The van der Waals surface area contributed by atoms with Crippen LogP contribution >= 0.6 is 0 Å². The summed E-state index contributed by atoms with van der Waals surface area (Å²) in [5.41, 5.74) is 6.28. The van der Waals surface area contributed by atoms with Gasteiger partial charge in [0.15, 0.2) is 5.78 Å². The number of hydrogen-bond donors (Lipinski definition) is 0. The molecule has 222 valence electrons. The minimum Gasteiger partial charge on any atom is -0.462 e. The topological polar surface area (TPSA) is 86.7 Å². The summed E-state index contributed by atoms with van der Waals surface area (Å²) in [5.74, 6) is -1.74. The molecule has 5 rings (SSSR count). The Labute approximate surface area is 257 Å². The zero-order valence-corrected chi connectivity index (χ0v) is 25.3. The van der Waals surface area contributed by atoms with Gasteiger partial charge in [-0.1, -0.05) is 102 Å². The molecule has 6 nitrogen and oxygen atoms in total. The Morgan fingerprint density at radius 2 is 1.32 bits per heavy atom. The van der Waals surface area contributed by atoms with E-state index >= 15 is 0 Å². The first-order chi connectivity index (χ1) is 21.2. The first-order valence-electron chi connectivity index (χ1n) is 14.4. The summed E-state index contributed by atoms with van der Waals surface area (Å²) >= 11 is 0. The first-order valence-corrected chi connectivity index (χ1v) is 14.4. The number of benzene rings is 4. The van der Waals surface area contributed by atoms with Crippen LogP contribution in [-0.2, 0) is 19.1 Å². The molecule has 6 heteroatoms. The van der Waals surface area contributed by atoms with E-state index in [4.69, 9.17) is 9.47 Å². The minimum atomic E-state index is -0.599. The molecule has 0 heterocycles. The largest absolute Gasteiger partial charge is 0.462 e. The number of ketones is 2. The Kier molecular flexibility index (Phi) is 10.5. The fourth-order valence-electron chi connectivity index (χ4n) is 4.83. The maximum absolute atomic E-state index is 12.7. The summed E-state index contributed by atoms with van der Waals surface area (Å²) in [6.45, 7) is 7.76. The van der Waals surface area contributed by atoms with Gasteiger partial charge in [0.05, 0.1) is 13.2 Å². The van der Waals surface area contributed by atoms with Gasteiger partial charge in [0.2, 0.25) is 5.78 Å². The molecule has 1 aliphatic carbocycles. The van der Waals surface area contributed by atoms with Crippen molar-refractivity contribution in [3.05, 3.63) is 153 Å². The zero-order valence-electron chi connectivity index (χ0n) is 25.3. The van der Waals surface area contributed by atoms with Crippen molar-refractivity contribution in [2.24, 2.45) is 0 Å². The second-order valence-electron chi connectivity index (χ2n) is 10.1. The molecule has 1 aliphatic rings. The lowest BCUT2D eigenvalue weighted by atomic mass is 9.97. The summed E-state index contributed by atoms with van der Waals surface area (Å²) in [7, 11) is 0. The van der Waals surface area contributed by atoms with Crippen molar-refractivity contribution in [1.29, 1.82) is 0 Å². The SMILES string of the molecule is CCOC(=O)C(=Cc1ccccc1)C(=O)c1cccc(C)c1.CCOC(=O)C1=C(c2ccccc2)c2ccc(C)cc2C1=O. The normalized spacial score (nSPS) is 12.2. The Bertz CT molecular complexity index is 1740. The van der Waals surface area contributed by atoms with E-state index in [-0.39, 0.29) is 35.9 Å². The second-order valence-corrected chi connectivity index (χ2v) is 10.1. The van der Waals surface area contributed by atoms with Gasteiger partial charge in [-0.05, 0) is 62.6 Å². The van der Waals surface area contributed by atoms with Crippen molar-refractivity contribution < 1.29 is 28.7 Å². The Balaban J connectivity index is 0.000000201. The lowest BCUT2D eigenvalue weighted by Crippen LogP contribution is -2.16. The van der Waals surface area contributed by atoms with Gasteiger partial charge in [-0.25, -0.2) is 9.59 Å². The van der Waals surface area contributed by atoms with Crippen LogP contribution in [-0.4, -0.2) is 36.7 Å². The Hall–Kier alpha value is -5.36. The fraction of sp³-hybridized carbons (Fsp3) is 0.158. The lowest BCUT2D eigenvalue weighted by Gasteiger charge is -2.07. The van der Waals surface area contributed by atoms with Gasteiger partial charge in [-0.2, -0.15) is 0 Å². The highest BCUT2D eigenvalue weighted by Gasteiger charge is 2.35. The molecule has 0 amide bonds. The number of carbonyl (C=O) groups is 4. The van der Waals surface area contributed by atoms with E-state index in [1.54, 1.807) is 38.1 Å². The van der Waals surface area contributed by atoms with Crippen LogP contribution in [0.4, 0.5) is 0 Å². The number of rotatable bonds is 8. The average Bonchev–Trinajstić information content (AvgIpc) is 3.32. The molecule has 0 saturated carbocycles. The number of carbonyl (C=O) groups excluding carboxylic acids is 4. The second kappa shape index (κ2) is 14.7. The third-order valence-electron chi connectivity index (χ3n) is 6.84. The smallest absolute Gasteiger partial charge is 0.342 e. The van der Waals surface area contributed by atoms with Crippen LogP contribution in [0.3, 0.4) is 0 Å². The lowest BCUT2D eigenvalue weighted by molar-refractivity contribution is -0.138. The van der Waals surface area contributed by atoms with Gasteiger partial charge < -0.3 is 9.47 Å². The minimum absolute atomic E-state index is 0.0404. The molecule has 4 aromatic rings. The third kappa shape index (κ3) is 7.34. The molecular weight excluding hydrogens is 552 g/mol. The van der Waals surface area contributed by atoms with E-state index in [1.165, 1.54) is 0 Å². The van der Waals surface area contributed by atoms with Crippen LogP contribution in [0.25, 0.3) is 11.6 Å². The summed E-state index contributed by atoms with van der Waals surface area (Å²) in [6.07, 6.45) is 1.57. The summed E-state index contributed by atoms with van der Waals surface area (Å²) in [6, 6.07) is 31.6. The van der Waals surface area contributed by atoms with Crippen molar-refractivity contribution in [2.75, 3.05) is 13.2 Å². The molecule has 0 N–H and O–H groups in total. The monoisotopic (exact) mass is 586 g/mol. The standard InChI is InChI=1S/C19H16O3.C19H18O3/c1-3-22-19(21)17-16(13-7-5-4-6-8-13)14-10-9-12(2)11-15(14)18(17)20;1-3-22-19(21)17(13-15-9-5-4-6-10-15)18(20)16-11-7-8-14(2)12-16/h4-11H,3H2,1-2H3;4-13H,3H2,1-2H3. The van der Waals surface area contributed by atoms with Gasteiger partial charge in [0, 0.05) is 16.7 Å². The highest BCUT2D eigenvalue weighted by Crippen LogP contribution is 2.38. The van der Waals surface area contributed by atoms with E-state index in [0.29, 0.717) is 16.7 Å². The molecule has 0 aromatic heterocycles. The molecule has 0 unspecified atom stereocenters. The number of hydrogen-bond acceptors (Lipinski definition) is 6. The van der Waals surface area contributed by atoms with E-state index in [2.05, 4.69) is 0 Å². The molecule has 0 atom stereocenters.